The first-order valence-corrected chi connectivity index (χ1v) is 9.32. The number of rotatable bonds is 7. The Morgan fingerprint density at radius 1 is 1.19 bits per heavy atom. The van der Waals surface area contributed by atoms with Crippen LogP contribution in [0.2, 0.25) is 0 Å². The summed E-state index contributed by atoms with van der Waals surface area (Å²) in [4.78, 5) is 13.3. The first-order chi connectivity index (χ1) is 12.5. The van der Waals surface area contributed by atoms with Gasteiger partial charge in [-0.1, -0.05) is 38.1 Å². The number of nitrogens with one attached hydrogen (secondary N) is 1. The number of nitro groups is 1. The van der Waals surface area contributed by atoms with Crippen molar-refractivity contribution >= 4 is 11.4 Å². The first kappa shape index (κ1) is 18.4. The molecule has 0 bridgehead atoms. The summed E-state index contributed by atoms with van der Waals surface area (Å²) in [5.74, 6) is 0.602. The van der Waals surface area contributed by atoms with Gasteiger partial charge >= 0.3 is 0 Å². The Labute approximate surface area is 155 Å². The molecule has 1 atom stereocenters. The van der Waals surface area contributed by atoms with E-state index >= 15 is 0 Å². The summed E-state index contributed by atoms with van der Waals surface area (Å²) in [6.45, 7) is 7.19. The molecule has 1 aliphatic heterocycles. The number of nitrogens with zero attached hydrogens (tertiary/aromatic N) is 2. The van der Waals surface area contributed by atoms with E-state index in [0.717, 1.165) is 43.7 Å². The fourth-order valence-electron chi connectivity index (χ4n) is 3.74. The minimum absolute atomic E-state index is 0.200. The zero-order chi connectivity index (χ0) is 18.5. The van der Waals surface area contributed by atoms with Crippen LogP contribution >= 0.6 is 0 Å². The zero-order valence-corrected chi connectivity index (χ0v) is 15.5. The number of fused-ring (bicyclic) bond motifs is 1. The Hall–Kier alpha value is -2.40. The van der Waals surface area contributed by atoms with Crippen LogP contribution in [0.1, 0.15) is 31.4 Å². The number of nitro benzene ring substituents is 1. The number of anilines is 1. The lowest BCUT2D eigenvalue weighted by Gasteiger charge is -2.38. The topological polar surface area (TPSA) is 58.4 Å². The van der Waals surface area contributed by atoms with Crippen LogP contribution in [0.3, 0.4) is 0 Å². The van der Waals surface area contributed by atoms with Gasteiger partial charge in [-0.2, -0.15) is 0 Å². The Bertz CT molecular complexity index is 746. The SMILES string of the molecule is CC(C)CC1Cc2cc([N+](=O)[O-])ccc2CN1CCNc1ccccc1. The molecular weight excluding hydrogens is 326 g/mol. The van der Waals surface area contributed by atoms with Crippen LogP contribution in [0.5, 0.6) is 0 Å². The quantitative estimate of drug-likeness (QED) is 0.589. The molecule has 1 unspecified atom stereocenters. The molecule has 2 aromatic carbocycles. The van der Waals surface area contributed by atoms with E-state index in [1.54, 1.807) is 12.1 Å². The van der Waals surface area contributed by atoms with Gasteiger partial charge in [0.1, 0.15) is 0 Å². The molecule has 0 aromatic heterocycles. The van der Waals surface area contributed by atoms with Crippen LogP contribution in [0.15, 0.2) is 48.5 Å². The Morgan fingerprint density at radius 3 is 2.65 bits per heavy atom. The minimum atomic E-state index is -0.298. The summed E-state index contributed by atoms with van der Waals surface area (Å²) < 4.78 is 0. The highest BCUT2D eigenvalue weighted by Crippen LogP contribution is 2.29. The van der Waals surface area contributed by atoms with Gasteiger partial charge in [-0.3, -0.25) is 15.0 Å². The fourth-order valence-corrected chi connectivity index (χ4v) is 3.74. The van der Waals surface area contributed by atoms with Crippen LogP contribution in [-0.4, -0.2) is 29.0 Å². The monoisotopic (exact) mass is 353 g/mol. The number of non-ortho nitro benzene ring substituents is 1. The average molecular weight is 353 g/mol. The predicted molar refractivity (Wildman–Crippen MR) is 105 cm³/mol. The van der Waals surface area contributed by atoms with Crippen LogP contribution in [0, 0.1) is 16.0 Å². The Morgan fingerprint density at radius 2 is 1.96 bits per heavy atom. The molecule has 0 saturated heterocycles. The van der Waals surface area contributed by atoms with Crippen molar-refractivity contribution in [3.05, 3.63) is 69.8 Å². The number of hydrogen-bond acceptors (Lipinski definition) is 4. The van der Waals surface area contributed by atoms with Gasteiger partial charge < -0.3 is 5.32 Å². The van der Waals surface area contributed by atoms with Crippen LogP contribution in [0.4, 0.5) is 11.4 Å². The van der Waals surface area contributed by atoms with E-state index in [1.165, 1.54) is 5.56 Å². The smallest absolute Gasteiger partial charge is 0.269 e. The lowest BCUT2D eigenvalue weighted by Crippen LogP contribution is -2.43. The van der Waals surface area contributed by atoms with Crippen molar-refractivity contribution in [2.24, 2.45) is 5.92 Å². The van der Waals surface area contributed by atoms with Gasteiger partial charge in [0.15, 0.2) is 0 Å². The summed E-state index contributed by atoms with van der Waals surface area (Å²) in [5.41, 5.74) is 3.69. The van der Waals surface area contributed by atoms with Crippen molar-refractivity contribution < 1.29 is 4.92 Å². The van der Waals surface area contributed by atoms with Crippen molar-refractivity contribution in [3.8, 4) is 0 Å². The Balaban J connectivity index is 1.69. The molecule has 26 heavy (non-hydrogen) atoms. The molecule has 5 heteroatoms. The van der Waals surface area contributed by atoms with Gasteiger partial charge in [-0.15, -0.1) is 0 Å². The van der Waals surface area contributed by atoms with E-state index < -0.39 is 0 Å². The van der Waals surface area contributed by atoms with Crippen LogP contribution in [-0.2, 0) is 13.0 Å². The molecular formula is C21H27N3O2. The lowest BCUT2D eigenvalue weighted by molar-refractivity contribution is -0.385. The molecule has 5 nitrogen and oxygen atoms in total. The highest BCUT2D eigenvalue weighted by atomic mass is 16.6. The molecule has 0 aliphatic carbocycles. The van der Waals surface area contributed by atoms with E-state index in [-0.39, 0.29) is 10.6 Å². The molecule has 3 rings (SSSR count). The van der Waals surface area contributed by atoms with E-state index in [0.29, 0.717) is 12.0 Å². The molecule has 0 spiro atoms. The fraction of sp³-hybridized carbons (Fsp3) is 0.429. The van der Waals surface area contributed by atoms with Gasteiger partial charge in [0.25, 0.3) is 5.69 Å². The minimum Gasteiger partial charge on any atom is -0.384 e. The van der Waals surface area contributed by atoms with Crippen LogP contribution in [0.25, 0.3) is 0 Å². The van der Waals surface area contributed by atoms with Crippen molar-refractivity contribution in [1.29, 1.82) is 0 Å². The molecule has 0 saturated carbocycles. The maximum Gasteiger partial charge on any atom is 0.269 e. The summed E-state index contributed by atoms with van der Waals surface area (Å²) >= 11 is 0. The normalized spacial score (nSPS) is 17.1. The molecule has 0 fully saturated rings. The van der Waals surface area contributed by atoms with Crippen molar-refractivity contribution in [1.82, 2.24) is 4.90 Å². The second-order valence-electron chi connectivity index (χ2n) is 7.46. The van der Waals surface area contributed by atoms with E-state index in [1.807, 2.05) is 24.3 Å². The van der Waals surface area contributed by atoms with Gasteiger partial charge in [0, 0.05) is 43.5 Å². The molecule has 0 amide bonds. The highest BCUT2D eigenvalue weighted by molar-refractivity contribution is 5.43. The second-order valence-corrected chi connectivity index (χ2v) is 7.46. The van der Waals surface area contributed by atoms with Gasteiger partial charge in [0.05, 0.1) is 4.92 Å². The Kier molecular flexibility index (Phi) is 5.89. The third-order valence-electron chi connectivity index (χ3n) is 4.99. The maximum absolute atomic E-state index is 11.1. The maximum atomic E-state index is 11.1. The third kappa shape index (κ3) is 4.61. The van der Waals surface area contributed by atoms with Crippen molar-refractivity contribution in [3.63, 3.8) is 0 Å². The summed E-state index contributed by atoms with van der Waals surface area (Å²) in [7, 11) is 0. The highest BCUT2D eigenvalue weighted by Gasteiger charge is 2.27. The number of hydrogen-bond donors (Lipinski definition) is 1. The summed E-state index contributed by atoms with van der Waals surface area (Å²) in [6.07, 6.45) is 1.99. The van der Waals surface area contributed by atoms with Gasteiger partial charge in [-0.05, 0) is 42.0 Å². The zero-order valence-electron chi connectivity index (χ0n) is 15.5. The molecule has 1 N–H and O–H groups in total. The van der Waals surface area contributed by atoms with E-state index in [4.69, 9.17) is 0 Å². The second kappa shape index (κ2) is 8.32. The van der Waals surface area contributed by atoms with Crippen molar-refractivity contribution in [2.45, 2.75) is 39.3 Å². The third-order valence-corrected chi connectivity index (χ3v) is 4.99. The lowest BCUT2D eigenvalue weighted by atomic mass is 9.89. The van der Waals surface area contributed by atoms with Gasteiger partial charge in [-0.25, -0.2) is 0 Å². The average Bonchev–Trinajstić information content (AvgIpc) is 2.62. The molecule has 138 valence electrons. The predicted octanol–water partition coefficient (Wildman–Crippen LogP) is 4.48. The largest absolute Gasteiger partial charge is 0.384 e. The van der Waals surface area contributed by atoms with Crippen LogP contribution < -0.4 is 5.32 Å². The van der Waals surface area contributed by atoms with Crippen molar-refractivity contribution in [2.75, 3.05) is 18.4 Å². The standard InChI is InChI=1S/C21H27N3O2/c1-16(2)12-21-14-18-13-20(24(25)26)9-8-17(18)15-23(21)11-10-22-19-6-4-3-5-7-19/h3-9,13,16,21-22H,10-12,14-15H2,1-2H3. The molecule has 1 aliphatic rings. The van der Waals surface area contributed by atoms with Gasteiger partial charge in [0.2, 0.25) is 0 Å². The van der Waals surface area contributed by atoms with E-state index in [9.17, 15) is 10.1 Å². The summed E-state index contributed by atoms with van der Waals surface area (Å²) in [6, 6.07) is 16.0. The molecule has 2 aromatic rings. The number of para-hydroxylation sites is 1. The number of benzene rings is 2. The van der Waals surface area contributed by atoms with E-state index in [2.05, 4.69) is 36.2 Å². The summed E-state index contributed by atoms with van der Waals surface area (Å²) in [5, 5.41) is 14.6. The molecule has 0 radical (unpaired) electrons. The first-order valence-electron chi connectivity index (χ1n) is 9.32. The molecule has 1 heterocycles.